The third kappa shape index (κ3) is 4.68. The van der Waals surface area contributed by atoms with Crippen LogP contribution in [0.4, 0.5) is 0 Å². The first-order valence-corrected chi connectivity index (χ1v) is 5.71. The molecule has 1 rings (SSSR count). The maximum Gasteiger partial charge on any atom is 0.305 e. The Balaban J connectivity index is 2.60. The van der Waals surface area contributed by atoms with Crippen molar-refractivity contribution >= 4 is 11.9 Å². The summed E-state index contributed by atoms with van der Waals surface area (Å²) in [7, 11) is 0. The summed E-state index contributed by atoms with van der Waals surface area (Å²) in [5, 5.41) is 11.5. The molecule has 0 spiro atoms. The average molecular weight is 235 g/mol. The maximum absolute atomic E-state index is 11.8. The minimum atomic E-state index is -0.892. The second-order valence-corrected chi connectivity index (χ2v) is 3.92. The first-order chi connectivity index (χ1) is 8.13. The second kappa shape index (κ2) is 6.68. The molecule has 0 aromatic heterocycles. The lowest BCUT2D eigenvalue weighted by Crippen LogP contribution is -2.36. The van der Waals surface area contributed by atoms with Gasteiger partial charge < -0.3 is 10.4 Å². The standard InChI is InChI=1S/C13H17NO3/c1-2-6-11(9-12(15)16)14-13(17)10-7-4-3-5-8-10/h3-5,7-8,11H,2,6,9H2,1H3,(H,14,17)(H,15,16). The minimum absolute atomic E-state index is 0.0353. The lowest BCUT2D eigenvalue weighted by Gasteiger charge is -2.15. The van der Waals surface area contributed by atoms with Crippen LogP contribution in [0.5, 0.6) is 0 Å². The van der Waals surface area contributed by atoms with Crippen molar-refractivity contribution in [3.63, 3.8) is 0 Å². The lowest BCUT2D eigenvalue weighted by atomic mass is 10.1. The SMILES string of the molecule is CCCC(CC(=O)O)NC(=O)c1ccccc1. The summed E-state index contributed by atoms with van der Waals surface area (Å²) in [4.78, 5) is 22.5. The number of hydrogen-bond donors (Lipinski definition) is 2. The molecule has 0 aliphatic carbocycles. The molecule has 0 saturated carbocycles. The third-order valence-electron chi connectivity index (χ3n) is 2.43. The molecule has 2 N–H and O–H groups in total. The molecule has 0 aliphatic rings. The summed E-state index contributed by atoms with van der Waals surface area (Å²) in [5.74, 6) is -1.11. The van der Waals surface area contributed by atoms with E-state index in [-0.39, 0.29) is 18.4 Å². The molecule has 1 unspecified atom stereocenters. The fourth-order valence-corrected chi connectivity index (χ4v) is 1.64. The number of nitrogens with one attached hydrogen (secondary N) is 1. The van der Waals surface area contributed by atoms with Crippen LogP contribution in [0.3, 0.4) is 0 Å². The number of benzene rings is 1. The van der Waals surface area contributed by atoms with Crippen LogP contribution < -0.4 is 5.32 Å². The Kier molecular flexibility index (Phi) is 5.20. The minimum Gasteiger partial charge on any atom is -0.481 e. The van der Waals surface area contributed by atoms with Gasteiger partial charge >= 0.3 is 5.97 Å². The second-order valence-electron chi connectivity index (χ2n) is 3.92. The molecule has 92 valence electrons. The quantitative estimate of drug-likeness (QED) is 0.793. The van der Waals surface area contributed by atoms with E-state index in [0.717, 1.165) is 6.42 Å². The molecule has 0 bridgehead atoms. The summed E-state index contributed by atoms with van der Waals surface area (Å²) in [6.07, 6.45) is 1.48. The Morgan fingerprint density at radius 2 is 1.94 bits per heavy atom. The number of carboxylic acids is 1. The topological polar surface area (TPSA) is 66.4 Å². The van der Waals surface area contributed by atoms with Crippen molar-refractivity contribution in [2.24, 2.45) is 0 Å². The third-order valence-corrected chi connectivity index (χ3v) is 2.43. The number of aliphatic carboxylic acids is 1. The van der Waals surface area contributed by atoms with Crippen LogP contribution >= 0.6 is 0 Å². The highest BCUT2D eigenvalue weighted by atomic mass is 16.4. The fraction of sp³-hybridized carbons (Fsp3) is 0.385. The molecule has 1 amide bonds. The summed E-state index contributed by atoms with van der Waals surface area (Å²) < 4.78 is 0. The van der Waals surface area contributed by atoms with Gasteiger partial charge in [-0.3, -0.25) is 9.59 Å². The van der Waals surface area contributed by atoms with Gasteiger partial charge in [-0.05, 0) is 18.6 Å². The van der Waals surface area contributed by atoms with Crippen LogP contribution in [0.25, 0.3) is 0 Å². The molecule has 4 nitrogen and oxygen atoms in total. The molecule has 0 radical (unpaired) electrons. The number of carboxylic acid groups (broad SMARTS) is 1. The Hall–Kier alpha value is -1.84. The number of rotatable bonds is 6. The summed E-state index contributed by atoms with van der Waals surface area (Å²) in [5.41, 5.74) is 0.555. The van der Waals surface area contributed by atoms with E-state index in [4.69, 9.17) is 5.11 Å². The Morgan fingerprint density at radius 3 is 2.47 bits per heavy atom. The van der Waals surface area contributed by atoms with Gasteiger partial charge in [-0.25, -0.2) is 0 Å². The highest BCUT2D eigenvalue weighted by molar-refractivity contribution is 5.94. The van der Waals surface area contributed by atoms with Crippen molar-refractivity contribution in [2.45, 2.75) is 32.2 Å². The van der Waals surface area contributed by atoms with Crippen LogP contribution in [-0.2, 0) is 4.79 Å². The molecule has 0 fully saturated rings. The zero-order valence-corrected chi connectivity index (χ0v) is 9.85. The van der Waals surface area contributed by atoms with Gasteiger partial charge in [0.1, 0.15) is 0 Å². The van der Waals surface area contributed by atoms with E-state index in [1.807, 2.05) is 13.0 Å². The predicted molar refractivity (Wildman–Crippen MR) is 64.9 cm³/mol. The summed E-state index contributed by atoms with van der Waals surface area (Å²) in [6, 6.07) is 8.50. The number of amides is 1. The summed E-state index contributed by atoms with van der Waals surface area (Å²) >= 11 is 0. The van der Waals surface area contributed by atoms with Gasteiger partial charge in [-0.2, -0.15) is 0 Å². The highest BCUT2D eigenvalue weighted by Crippen LogP contribution is 2.05. The predicted octanol–water partition coefficient (Wildman–Crippen LogP) is 2.06. The monoisotopic (exact) mass is 235 g/mol. The van der Waals surface area contributed by atoms with Gasteiger partial charge in [0, 0.05) is 11.6 Å². The molecule has 1 aromatic rings. The van der Waals surface area contributed by atoms with Gasteiger partial charge in [-0.1, -0.05) is 31.5 Å². The zero-order valence-electron chi connectivity index (χ0n) is 9.85. The van der Waals surface area contributed by atoms with Crippen molar-refractivity contribution in [1.82, 2.24) is 5.32 Å². The van der Waals surface area contributed by atoms with Gasteiger partial charge in [0.15, 0.2) is 0 Å². The Bertz CT molecular complexity index is 376. The molecule has 1 atom stereocenters. The molecular formula is C13H17NO3. The molecular weight excluding hydrogens is 218 g/mol. The number of carbonyl (C=O) groups excluding carboxylic acids is 1. The van der Waals surface area contributed by atoms with Crippen LogP contribution in [0.2, 0.25) is 0 Å². The van der Waals surface area contributed by atoms with Crippen LogP contribution in [0, 0.1) is 0 Å². The van der Waals surface area contributed by atoms with Crippen molar-refractivity contribution in [2.75, 3.05) is 0 Å². The van der Waals surface area contributed by atoms with E-state index in [9.17, 15) is 9.59 Å². The first kappa shape index (κ1) is 13.2. The van der Waals surface area contributed by atoms with Crippen LogP contribution in [0.1, 0.15) is 36.5 Å². The largest absolute Gasteiger partial charge is 0.481 e. The number of hydrogen-bond acceptors (Lipinski definition) is 2. The van der Waals surface area contributed by atoms with Gasteiger partial charge in [-0.15, -0.1) is 0 Å². The van der Waals surface area contributed by atoms with Crippen molar-refractivity contribution < 1.29 is 14.7 Å². The maximum atomic E-state index is 11.8. The highest BCUT2D eigenvalue weighted by Gasteiger charge is 2.15. The van der Waals surface area contributed by atoms with E-state index >= 15 is 0 Å². The molecule has 17 heavy (non-hydrogen) atoms. The molecule has 0 aliphatic heterocycles. The van der Waals surface area contributed by atoms with Crippen molar-refractivity contribution in [3.05, 3.63) is 35.9 Å². The van der Waals surface area contributed by atoms with Crippen molar-refractivity contribution in [1.29, 1.82) is 0 Å². The Morgan fingerprint density at radius 1 is 1.29 bits per heavy atom. The van der Waals surface area contributed by atoms with Crippen LogP contribution in [0.15, 0.2) is 30.3 Å². The normalized spacial score (nSPS) is 11.8. The summed E-state index contributed by atoms with van der Waals surface area (Å²) in [6.45, 7) is 1.96. The molecule has 0 saturated heterocycles. The lowest BCUT2D eigenvalue weighted by molar-refractivity contribution is -0.137. The van der Waals surface area contributed by atoms with Gasteiger partial charge in [0.05, 0.1) is 6.42 Å². The smallest absolute Gasteiger partial charge is 0.305 e. The van der Waals surface area contributed by atoms with Crippen LogP contribution in [-0.4, -0.2) is 23.0 Å². The van der Waals surface area contributed by atoms with E-state index < -0.39 is 5.97 Å². The zero-order chi connectivity index (χ0) is 12.7. The Labute approximate surface area is 101 Å². The van der Waals surface area contributed by atoms with E-state index in [0.29, 0.717) is 12.0 Å². The van der Waals surface area contributed by atoms with Gasteiger partial charge in [0.25, 0.3) is 5.91 Å². The molecule has 1 aromatic carbocycles. The van der Waals surface area contributed by atoms with Gasteiger partial charge in [0.2, 0.25) is 0 Å². The molecule has 0 heterocycles. The molecule has 4 heteroatoms. The average Bonchev–Trinajstić information content (AvgIpc) is 2.29. The van der Waals surface area contributed by atoms with E-state index in [1.165, 1.54) is 0 Å². The van der Waals surface area contributed by atoms with E-state index in [1.54, 1.807) is 24.3 Å². The van der Waals surface area contributed by atoms with E-state index in [2.05, 4.69) is 5.32 Å². The number of carbonyl (C=O) groups is 2. The first-order valence-electron chi connectivity index (χ1n) is 5.71. The van der Waals surface area contributed by atoms with Crippen molar-refractivity contribution in [3.8, 4) is 0 Å². The fourth-order valence-electron chi connectivity index (χ4n) is 1.64.